The zero-order chi connectivity index (χ0) is 22.3. The van der Waals surface area contributed by atoms with E-state index in [1.54, 1.807) is 30.3 Å². The molecule has 0 bridgehead atoms. The van der Waals surface area contributed by atoms with Gasteiger partial charge in [0.25, 0.3) is 5.91 Å². The average molecular weight is 445 g/mol. The van der Waals surface area contributed by atoms with Crippen molar-refractivity contribution in [1.29, 1.82) is 0 Å². The summed E-state index contributed by atoms with van der Waals surface area (Å²) in [5.74, 6) is -0.420. The third-order valence-electron chi connectivity index (χ3n) is 4.62. The largest absolute Gasteiger partial charge is 0.488 e. The van der Waals surface area contributed by atoms with Crippen molar-refractivity contribution in [3.05, 3.63) is 100 Å². The van der Waals surface area contributed by atoms with Crippen molar-refractivity contribution in [2.24, 2.45) is 4.99 Å². The van der Waals surface area contributed by atoms with Crippen molar-refractivity contribution in [1.82, 2.24) is 5.32 Å². The monoisotopic (exact) mass is 444 g/mol. The Labute approximate surface area is 189 Å². The third kappa shape index (κ3) is 5.65. The first-order valence-electron chi connectivity index (χ1n) is 9.93. The molecular weight excluding hydrogens is 424 g/mol. The molecule has 0 aromatic heterocycles. The lowest BCUT2D eigenvalue weighted by molar-refractivity contribution is -0.136. The number of aliphatic carboxylic acids is 1. The number of thioether (sulfide) groups is 1. The summed E-state index contributed by atoms with van der Waals surface area (Å²) < 4.78 is 5.97. The Kier molecular flexibility index (Phi) is 6.67. The lowest BCUT2D eigenvalue weighted by atomic mass is 10.1. The van der Waals surface area contributed by atoms with Crippen LogP contribution in [0.3, 0.4) is 0 Å². The van der Waals surface area contributed by atoms with E-state index in [2.05, 4.69) is 10.3 Å². The summed E-state index contributed by atoms with van der Waals surface area (Å²) in [5, 5.41) is 12.1. The van der Waals surface area contributed by atoms with Gasteiger partial charge in [-0.15, -0.1) is 0 Å². The van der Waals surface area contributed by atoms with E-state index in [0.29, 0.717) is 33.7 Å². The molecule has 7 heteroatoms. The number of carboxylic acids is 1. The number of amidine groups is 1. The van der Waals surface area contributed by atoms with Crippen molar-refractivity contribution in [3.63, 3.8) is 0 Å². The van der Waals surface area contributed by atoms with Gasteiger partial charge >= 0.3 is 5.97 Å². The molecule has 1 aliphatic heterocycles. The zero-order valence-electron chi connectivity index (χ0n) is 17.0. The van der Waals surface area contributed by atoms with E-state index in [0.717, 1.165) is 11.1 Å². The first-order chi connectivity index (χ1) is 15.6. The number of benzene rings is 3. The van der Waals surface area contributed by atoms with Crippen LogP contribution in [0.1, 0.15) is 16.7 Å². The highest BCUT2D eigenvalue weighted by Gasteiger charge is 2.24. The molecule has 1 fully saturated rings. The fraction of sp³-hybridized carbons (Fsp3) is 0.0800. The van der Waals surface area contributed by atoms with Gasteiger partial charge in [-0.3, -0.25) is 9.59 Å². The van der Waals surface area contributed by atoms with Crippen molar-refractivity contribution < 1.29 is 19.4 Å². The number of amides is 1. The molecule has 0 spiro atoms. The summed E-state index contributed by atoms with van der Waals surface area (Å²) in [6, 6.07) is 24.3. The molecule has 6 nitrogen and oxygen atoms in total. The van der Waals surface area contributed by atoms with Gasteiger partial charge in [0.15, 0.2) is 5.17 Å². The summed E-state index contributed by atoms with van der Waals surface area (Å²) in [4.78, 5) is 28.2. The van der Waals surface area contributed by atoms with Gasteiger partial charge in [0.2, 0.25) is 0 Å². The molecule has 1 heterocycles. The molecule has 2 N–H and O–H groups in total. The molecule has 0 unspecified atom stereocenters. The molecule has 32 heavy (non-hydrogen) atoms. The smallest absolute Gasteiger partial charge is 0.307 e. The minimum Gasteiger partial charge on any atom is -0.488 e. The van der Waals surface area contributed by atoms with E-state index >= 15 is 0 Å². The highest BCUT2D eigenvalue weighted by atomic mass is 32.2. The molecule has 0 radical (unpaired) electrons. The van der Waals surface area contributed by atoms with Gasteiger partial charge in [-0.2, -0.15) is 0 Å². The second-order valence-electron chi connectivity index (χ2n) is 7.03. The Morgan fingerprint density at radius 1 is 0.969 bits per heavy atom. The third-order valence-corrected chi connectivity index (χ3v) is 5.53. The zero-order valence-corrected chi connectivity index (χ0v) is 17.8. The van der Waals surface area contributed by atoms with Crippen molar-refractivity contribution in [2.75, 3.05) is 0 Å². The van der Waals surface area contributed by atoms with E-state index in [9.17, 15) is 9.59 Å². The minimum atomic E-state index is -0.884. The quantitative estimate of drug-likeness (QED) is 0.512. The van der Waals surface area contributed by atoms with Gasteiger partial charge in [-0.1, -0.05) is 60.7 Å². The first kappa shape index (κ1) is 21.4. The maximum absolute atomic E-state index is 12.5. The van der Waals surface area contributed by atoms with Crippen LogP contribution in [-0.4, -0.2) is 22.2 Å². The summed E-state index contributed by atoms with van der Waals surface area (Å²) in [6.07, 6.45) is 1.75. The van der Waals surface area contributed by atoms with Crippen LogP contribution in [0.15, 0.2) is 88.8 Å². The molecule has 1 aliphatic rings. The number of carboxylic acid groups (broad SMARTS) is 1. The second-order valence-corrected chi connectivity index (χ2v) is 8.06. The van der Waals surface area contributed by atoms with Gasteiger partial charge < -0.3 is 15.2 Å². The molecule has 160 valence electrons. The maximum Gasteiger partial charge on any atom is 0.307 e. The van der Waals surface area contributed by atoms with Gasteiger partial charge in [-0.05, 0) is 47.2 Å². The Morgan fingerprint density at radius 3 is 2.44 bits per heavy atom. The van der Waals surface area contributed by atoms with E-state index in [1.165, 1.54) is 11.8 Å². The molecule has 3 aromatic carbocycles. The molecule has 4 rings (SSSR count). The van der Waals surface area contributed by atoms with Gasteiger partial charge in [0, 0.05) is 5.56 Å². The van der Waals surface area contributed by atoms with Crippen LogP contribution in [0.4, 0.5) is 5.69 Å². The molecule has 0 saturated carbocycles. The topological polar surface area (TPSA) is 88.0 Å². The van der Waals surface area contributed by atoms with E-state index in [1.807, 2.05) is 54.6 Å². The number of rotatable bonds is 7. The number of para-hydroxylation sites is 1. The van der Waals surface area contributed by atoms with E-state index < -0.39 is 5.97 Å². The van der Waals surface area contributed by atoms with Crippen LogP contribution >= 0.6 is 11.8 Å². The second kappa shape index (κ2) is 9.98. The maximum atomic E-state index is 12.5. The van der Waals surface area contributed by atoms with Crippen LogP contribution in [-0.2, 0) is 22.6 Å². The van der Waals surface area contributed by atoms with Crippen molar-refractivity contribution in [2.45, 2.75) is 13.0 Å². The number of ether oxygens (including phenoxy) is 1. The van der Waals surface area contributed by atoms with Gasteiger partial charge in [-0.25, -0.2) is 4.99 Å². The normalized spacial score (nSPS) is 15.7. The molecule has 0 atom stereocenters. The molecule has 3 aromatic rings. The van der Waals surface area contributed by atoms with Crippen LogP contribution in [0.2, 0.25) is 0 Å². The van der Waals surface area contributed by atoms with Crippen LogP contribution in [0.25, 0.3) is 6.08 Å². The predicted octanol–water partition coefficient (Wildman–Crippen LogP) is 4.78. The number of hydrogen-bond donors (Lipinski definition) is 2. The van der Waals surface area contributed by atoms with Crippen LogP contribution < -0.4 is 10.1 Å². The predicted molar refractivity (Wildman–Crippen MR) is 126 cm³/mol. The number of carbonyl (C=O) groups is 2. The summed E-state index contributed by atoms with van der Waals surface area (Å²) in [6.45, 7) is 0.435. The van der Waals surface area contributed by atoms with E-state index in [4.69, 9.17) is 9.84 Å². The average Bonchev–Trinajstić information content (AvgIpc) is 3.13. The number of hydrogen-bond acceptors (Lipinski definition) is 5. The first-order valence-corrected chi connectivity index (χ1v) is 10.7. The summed E-state index contributed by atoms with van der Waals surface area (Å²) in [5.41, 5.74) is 3.19. The van der Waals surface area contributed by atoms with Gasteiger partial charge in [0.05, 0.1) is 17.0 Å². The summed E-state index contributed by atoms with van der Waals surface area (Å²) in [7, 11) is 0. The number of aliphatic imine (C=N–C) groups is 1. The Hall–Kier alpha value is -3.84. The highest BCUT2D eigenvalue weighted by molar-refractivity contribution is 8.18. The lowest BCUT2D eigenvalue weighted by Crippen LogP contribution is -2.19. The minimum absolute atomic E-state index is 0.0407. The van der Waals surface area contributed by atoms with Crippen LogP contribution in [0.5, 0.6) is 5.75 Å². The molecule has 1 saturated heterocycles. The Morgan fingerprint density at radius 2 is 1.69 bits per heavy atom. The molecular formula is C25H20N2O4S. The Bertz CT molecular complexity index is 1190. The number of nitrogens with zero attached hydrogens (tertiary/aromatic N) is 1. The highest BCUT2D eigenvalue weighted by Crippen LogP contribution is 2.31. The lowest BCUT2D eigenvalue weighted by Gasteiger charge is -2.09. The number of carbonyl (C=O) groups excluding carboxylic acids is 1. The van der Waals surface area contributed by atoms with Crippen molar-refractivity contribution in [3.8, 4) is 5.75 Å². The van der Waals surface area contributed by atoms with E-state index in [-0.39, 0.29) is 12.3 Å². The fourth-order valence-electron chi connectivity index (χ4n) is 3.07. The number of nitrogens with one attached hydrogen (secondary N) is 1. The SMILES string of the molecule is O=C(O)Cc1ccc(N=C2NC(=O)C(=Cc3ccccc3OCc3ccccc3)S2)cc1. The van der Waals surface area contributed by atoms with Gasteiger partial charge in [0.1, 0.15) is 12.4 Å². The van der Waals surface area contributed by atoms with Crippen molar-refractivity contribution >= 4 is 40.6 Å². The Balaban J connectivity index is 1.48. The molecule has 1 amide bonds. The van der Waals surface area contributed by atoms with Crippen LogP contribution in [0, 0.1) is 0 Å². The molecule has 0 aliphatic carbocycles. The summed E-state index contributed by atoms with van der Waals surface area (Å²) >= 11 is 1.25. The fourth-order valence-corrected chi connectivity index (χ4v) is 3.90. The standard InChI is InChI=1S/C25H20N2O4S/c28-23(29)14-17-10-12-20(13-11-17)26-25-27-24(30)22(32-25)15-19-8-4-5-9-21(19)31-16-18-6-2-1-3-7-18/h1-13,15H,14,16H2,(H,28,29)(H,26,27,30).